The zero-order valence-corrected chi connectivity index (χ0v) is 14.4. The molecule has 1 amide bonds. The number of nitrogens with one attached hydrogen (secondary N) is 1. The Morgan fingerprint density at radius 2 is 1.86 bits per heavy atom. The number of hydrogen-bond acceptors (Lipinski definition) is 3. The molecule has 3 N–H and O–H groups in total. The van der Waals surface area contributed by atoms with E-state index >= 15 is 0 Å². The van der Waals surface area contributed by atoms with Crippen molar-refractivity contribution < 1.29 is 4.79 Å². The second-order valence-corrected chi connectivity index (χ2v) is 6.14. The minimum absolute atomic E-state index is 0.0825. The number of hydrogen-bond donors (Lipinski definition) is 2. The molecule has 4 nitrogen and oxygen atoms in total. The molecule has 1 aromatic carbocycles. The predicted octanol–water partition coefficient (Wildman–Crippen LogP) is 3.15. The zero-order chi connectivity index (χ0) is 16.5. The first-order valence-corrected chi connectivity index (χ1v) is 8.36. The molecule has 0 aromatic heterocycles. The lowest BCUT2D eigenvalue weighted by atomic mass is 9.99. The number of para-hydroxylation sites is 1. The summed E-state index contributed by atoms with van der Waals surface area (Å²) < 4.78 is 0. The molecule has 1 unspecified atom stereocenters. The van der Waals surface area contributed by atoms with E-state index in [-0.39, 0.29) is 5.91 Å². The minimum atomic E-state index is -0.0825. The van der Waals surface area contributed by atoms with Crippen LogP contribution < -0.4 is 11.1 Å². The van der Waals surface area contributed by atoms with Crippen LogP contribution in [0, 0.1) is 5.92 Å². The van der Waals surface area contributed by atoms with Crippen LogP contribution in [-0.2, 0) is 0 Å². The number of benzene rings is 1. The molecule has 0 aliphatic heterocycles. The molecule has 0 aliphatic carbocycles. The third-order valence-electron chi connectivity index (χ3n) is 4.04. The summed E-state index contributed by atoms with van der Waals surface area (Å²) in [6.07, 6.45) is 2.13. The zero-order valence-electron chi connectivity index (χ0n) is 14.4. The monoisotopic (exact) mass is 305 g/mol. The number of carbonyl (C=O) groups excluding carboxylic acids is 1. The normalized spacial score (nSPS) is 12.6. The van der Waals surface area contributed by atoms with Gasteiger partial charge in [-0.2, -0.15) is 0 Å². The largest absolute Gasteiger partial charge is 0.398 e. The van der Waals surface area contributed by atoms with Gasteiger partial charge in [-0.15, -0.1) is 0 Å². The summed E-state index contributed by atoms with van der Waals surface area (Å²) >= 11 is 0. The first kappa shape index (κ1) is 18.5. The van der Waals surface area contributed by atoms with Gasteiger partial charge in [0.15, 0.2) is 0 Å². The van der Waals surface area contributed by atoms with Gasteiger partial charge in [0, 0.05) is 18.3 Å². The molecule has 4 heteroatoms. The minimum Gasteiger partial charge on any atom is -0.398 e. The smallest absolute Gasteiger partial charge is 0.253 e. The van der Waals surface area contributed by atoms with Crippen molar-refractivity contribution in [1.82, 2.24) is 10.2 Å². The lowest BCUT2D eigenvalue weighted by Crippen LogP contribution is -2.39. The molecule has 0 bridgehead atoms. The maximum absolute atomic E-state index is 12.2. The predicted molar refractivity (Wildman–Crippen MR) is 94.0 cm³/mol. The summed E-state index contributed by atoms with van der Waals surface area (Å²) in [7, 11) is 0. The summed E-state index contributed by atoms with van der Waals surface area (Å²) in [5, 5.41) is 3.00. The fourth-order valence-corrected chi connectivity index (χ4v) is 2.88. The van der Waals surface area contributed by atoms with Crippen molar-refractivity contribution >= 4 is 11.6 Å². The van der Waals surface area contributed by atoms with E-state index in [1.807, 2.05) is 12.1 Å². The lowest BCUT2D eigenvalue weighted by molar-refractivity contribution is 0.0947. The van der Waals surface area contributed by atoms with Crippen LogP contribution in [0.5, 0.6) is 0 Å². The third kappa shape index (κ3) is 5.68. The molecule has 0 heterocycles. The first-order chi connectivity index (χ1) is 10.5. The van der Waals surface area contributed by atoms with Crippen LogP contribution in [0.4, 0.5) is 5.69 Å². The molecule has 22 heavy (non-hydrogen) atoms. The summed E-state index contributed by atoms with van der Waals surface area (Å²) in [5.41, 5.74) is 6.93. The van der Waals surface area contributed by atoms with Crippen molar-refractivity contribution in [3.63, 3.8) is 0 Å². The molecule has 124 valence electrons. The summed E-state index contributed by atoms with van der Waals surface area (Å²) in [5.74, 6) is 0.576. The van der Waals surface area contributed by atoms with Gasteiger partial charge in [0.05, 0.1) is 5.56 Å². The van der Waals surface area contributed by atoms with E-state index in [1.54, 1.807) is 12.1 Å². The number of anilines is 1. The highest BCUT2D eigenvalue weighted by Crippen LogP contribution is 2.15. The van der Waals surface area contributed by atoms with Crippen molar-refractivity contribution in [2.75, 3.05) is 25.4 Å². The van der Waals surface area contributed by atoms with E-state index in [1.165, 1.54) is 0 Å². The Balaban J connectivity index is 2.55. The van der Waals surface area contributed by atoms with Crippen molar-refractivity contribution in [1.29, 1.82) is 0 Å². The van der Waals surface area contributed by atoms with Crippen molar-refractivity contribution in [3.8, 4) is 0 Å². The maximum atomic E-state index is 12.2. The summed E-state index contributed by atoms with van der Waals surface area (Å²) in [6.45, 7) is 11.7. The topological polar surface area (TPSA) is 58.4 Å². The van der Waals surface area contributed by atoms with Crippen molar-refractivity contribution in [2.45, 2.75) is 46.6 Å². The average Bonchev–Trinajstić information content (AvgIpc) is 2.48. The molecule has 0 saturated heterocycles. The summed E-state index contributed by atoms with van der Waals surface area (Å²) in [4.78, 5) is 14.6. The Hall–Kier alpha value is -1.55. The number of nitrogens with two attached hydrogens (primary N) is 1. The average molecular weight is 305 g/mol. The van der Waals surface area contributed by atoms with Crippen LogP contribution in [0.15, 0.2) is 24.3 Å². The maximum Gasteiger partial charge on any atom is 0.253 e. The Labute approximate surface area is 135 Å². The Morgan fingerprint density at radius 3 is 2.41 bits per heavy atom. The molecule has 1 aromatic rings. The van der Waals surface area contributed by atoms with Gasteiger partial charge in [-0.1, -0.05) is 39.8 Å². The van der Waals surface area contributed by atoms with Crippen LogP contribution in [0.1, 0.15) is 50.9 Å². The quantitative estimate of drug-likeness (QED) is 0.689. The number of rotatable bonds is 9. The standard InChI is InChI=1S/C18H31N3O/c1-5-21(6-2)15(13-14(3)4)11-12-20-18(22)16-9-7-8-10-17(16)19/h7-10,14-15H,5-6,11-13,19H2,1-4H3,(H,20,22). The first-order valence-electron chi connectivity index (χ1n) is 8.36. The highest BCUT2D eigenvalue weighted by atomic mass is 16.1. The number of carbonyl (C=O) groups is 1. The fourth-order valence-electron chi connectivity index (χ4n) is 2.88. The van der Waals surface area contributed by atoms with Gasteiger partial charge < -0.3 is 16.0 Å². The summed E-state index contributed by atoms with van der Waals surface area (Å²) in [6, 6.07) is 7.71. The van der Waals surface area contributed by atoms with E-state index in [9.17, 15) is 4.79 Å². The second-order valence-electron chi connectivity index (χ2n) is 6.14. The number of nitrogens with zero attached hydrogens (tertiary/aromatic N) is 1. The SMILES string of the molecule is CCN(CC)C(CCNC(=O)c1ccccc1N)CC(C)C. The van der Waals surface area contributed by atoms with Gasteiger partial charge in [-0.05, 0) is 44.0 Å². The molecule has 1 rings (SSSR count). The van der Waals surface area contributed by atoms with E-state index in [0.29, 0.717) is 29.8 Å². The molecule has 0 spiro atoms. The van der Waals surface area contributed by atoms with Crippen LogP contribution in [-0.4, -0.2) is 36.5 Å². The Kier molecular flexibility index (Phi) is 7.96. The molecule has 0 fully saturated rings. The number of amides is 1. The van der Waals surface area contributed by atoms with E-state index in [0.717, 1.165) is 25.9 Å². The highest BCUT2D eigenvalue weighted by Gasteiger charge is 2.17. The molecule has 1 atom stereocenters. The van der Waals surface area contributed by atoms with Gasteiger partial charge in [0.2, 0.25) is 0 Å². The van der Waals surface area contributed by atoms with E-state index in [4.69, 9.17) is 5.73 Å². The van der Waals surface area contributed by atoms with Crippen LogP contribution in [0.3, 0.4) is 0 Å². The van der Waals surface area contributed by atoms with Crippen LogP contribution in [0.25, 0.3) is 0 Å². The Bertz CT molecular complexity index is 455. The molecular weight excluding hydrogens is 274 g/mol. The van der Waals surface area contributed by atoms with Gasteiger partial charge in [0.1, 0.15) is 0 Å². The number of nitrogen functional groups attached to an aromatic ring is 1. The van der Waals surface area contributed by atoms with Gasteiger partial charge in [-0.25, -0.2) is 0 Å². The van der Waals surface area contributed by atoms with Crippen molar-refractivity contribution in [2.24, 2.45) is 5.92 Å². The van der Waals surface area contributed by atoms with E-state index < -0.39 is 0 Å². The Morgan fingerprint density at radius 1 is 1.23 bits per heavy atom. The molecule has 0 saturated carbocycles. The van der Waals surface area contributed by atoms with Crippen LogP contribution >= 0.6 is 0 Å². The van der Waals surface area contributed by atoms with Gasteiger partial charge >= 0.3 is 0 Å². The highest BCUT2D eigenvalue weighted by molar-refractivity contribution is 5.98. The van der Waals surface area contributed by atoms with Crippen LogP contribution in [0.2, 0.25) is 0 Å². The second kappa shape index (κ2) is 9.46. The van der Waals surface area contributed by atoms with Gasteiger partial charge in [-0.3, -0.25) is 4.79 Å². The fraction of sp³-hybridized carbons (Fsp3) is 0.611. The van der Waals surface area contributed by atoms with E-state index in [2.05, 4.69) is 37.9 Å². The lowest BCUT2D eigenvalue weighted by Gasteiger charge is -2.31. The molecular formula is C18H31N3O. The third-order valence-corrected chi connectivity index (χ3v) is 4.04. The molecule has 0 aliphatic rings. The van der Waals surface area contributed by atoms with Gasteiger partial charge in [0.25, 0.3) is 5.91 Å². The van der Waals surface area contributed by atoms with Crippen molar-refractivity contribution in [3.05, 3.63) is 29.8 Å². The molecule has 0 radical (unpaired) electrons.